The Labute approximate surface area is 209 Å². The highest BCUT2D eigenvalue weighted by atomic mass is 32.2. The van der Waals surface area contributed by atoms with E-state index in [0.717, 1.165) is 22.6 Å². The predicted molar refractivity (Wildman–Crippen MR) is 139 cm³/mol. The fourth-order valence-corrected chi connectivity index (χ4v) is 4.45. The fraction of sp³-hybridized carbons (Fsp3) is 0.222. The normalized spacial score (nSPS) is 10.8. The Hall–Kier alpha value is -3.62. The van der Waals surface area contributed by atoms with Crippen LogP contribution in [-0.2, 0) is 22.7 Å². The van der Waals surface area contributed by atoms with Gasteiger partial charge in [-0.1, -0.05) is 78.5 Å². The van der Waals surface area contributed by atoms with Gasteiger partial charge in [0, 0.05) is 32.0 Å². The van der Waals surface area contributed by atoms with Crippen molar-refractivity contribution in [1.29, 1.82) is 0 Å². The Morgan fingerprint density at radius 3 is 2.37 bits per heavy atom. The lowest BCUT2D eigenvalue weighted by Crippen LogP contribution is -2.28. The lowest BCUT2D eigenvalue weighted by molar-refractivity contribution is -0.115. The van der Waals surface area contributed by atoms with Crippen LogP contribution in [0.15, 0.2) is 90.1 Å². The van der Waals surface area contributed by atoms with E-state index in [1.54, 1.807) is 19.1 Å². The molecule has 1 aromatic heterocycles. The molecule has 0 bridgehead atoms. The highest BCUT2D eigenvalue weighted by molar-refractivity contribution is 7.99. The summed E-state index contributed by atoms with van der Waals surface area (Å²) in [6.45, 7) is 1.31. The SMILES string of the molecule is COCCn1c(COc2ccccc2-c2ccccc2)nnc1SCC(=O)N(C)c1ccccc1. The second-order valence-electron chi connectivity index (χ2n) is 7.77. The van der Waals surface area contributed by atoms with Crippen molar-refractivity contribution < 1.29 is 14.3 Å². The van der Waals surface area contributed by atoms with Crippen LogP contribution in [-0.4, -0.2) is 47.2 Å². The number of hydrogen-bond acceptors (Lipinski definition) is 6. The van der Waals surface area contributed by atoms with Crippen LogP contribution >= 0.6 is 11.8 Å². The number of para-hydroxylation sites is 2. The van der Waals surface area contributed by atoms with Crippen LogP contribution in [0.1, 0.15) is 5.82 Å². The van der Waals surface area contributed by atoms with E-state index >= 15 is 0 Å². The molecular formula is C27H28N4O3S. The van der Waals surface area contributed by atoms with Gasteiger partial charge in [0.15, 0.2) is 11.0 Å². The number of ether oxygens (including phenoxy) is 2. The zero-order valence-corrected chi connectivity index (χ0v) is 20.6. The van der Waals surface area contributed by atoms with Gasteiger partial charge >= 0.3 is 0 Å². The number of amides is 1. The van der Waals surface area contributed by atoms with Gasteiger partial charge in [-0.2, -0.15) is 0 Å². The molecule has 1 amide bonds. The zero-order valence-electron chi connectivity index (χ0n) is 19.8. The van der Waals surface area contributed by atoms with Crippen molar-refractivity contribution in [1.82, 2.24) is 14.8 Å². The molecule has 0 unspecified atom stereocenters. The van der Waals surface area contributed by atoms with E-state index in [9.17, 15) is 4.79 Å². The fourth-order valence-electron chi connectivity index (χ4n) is 3.55. The Morgan fingerprint density at radius 2 is 1.63 bits per heavy atom. The summed E-state index contributed by atoms with van der Waals surface area (Å²) in [4.78, 5) is 14.4. The van der Waals surface area contributed by atoms with E-state index < -0.39 is 0 Å². The number of hydrogen-bond donors (Lipinski definition) is 0. The van der Waals surface area contributed by atoms with Gasteiger partial charge in [0.25, 0.3) is 0 Å². The second kappa shape index (κ2) is 12.2. The molecular weight excluding hydrogens is 460 g/mol. The summed E-state index contributed by atoms with van der Waals surface area (Å²) in [5, 5.41) is 9.35. The Balaban J connectivity index is 1.46. The van der Waals surface area contributed by atoms with Crippen molar-refractivity contribution in [2.24, 2.45) is 0 Å². The number of nitrogens with zero attached hydrogens (tertiary/aromatic N) is 4. The van der Waals surface area contributed by atoms with Crippen molar-refractivity contribution in [2.45, 2.75) is 18.3 Å². The molecule has 35 heavy (non-hydrogen) atoms. The first kappa shape index (κ1) is 24.5. The summed E-state index contributed by atoms with van der Waals surface area (Å²) < 4.78 is 13.4. The third kappa shape index (κ3) is 6.29. The van der Waals surface area contributed by atoms with Crippen LogP contribution < -0.4 is 9.64 Å². The molecule has 4 rings (SSSR count). The van der Waals surface area contributed by atoms with Gasteiger partial charge in [-0.15, -0.1) is 10.2 Å². The van der Waals surface area contributed by atoms with Crippen molar-refractivity contribution in [3.05, 3.63) is 90.8 Å². The topological polar surface area (TPSA) is 69.5 Å². The molecule has 0 aliphatic rings. The smallest absolute Gasteiger partial charge is 0.237 e. The average molecular weight is 489 g/mol. The molecule has 4 aromatic rings. The molecule has 3 aromatic carbocycles. The minimum Gasteiger partial charge on any atom is -0.485 e. The van der Waals surface area contributed by atoms with Gasteiger partial charge in [0.2, 0.25) is 5.91 Å². The van der Waals surface area contributed by atoms with Gasteiger partial charge in [-0.05, 0) is 23.8 Å². The molecule has 0 N–H and O–H groups in total. The molecule has 180 valence electrons. The van der Waals surface area contributed by atoms with Crippen molar-refractivity contribution in [3.63, 3.8) is 0 Å². The number of carbonyl (C=O) groups is 1. The van der Waals surface area contributed by atoms with Gasteiger partial charge < -0.3 is 18.9 Å². The largest absolute Gasteiger partial charge is 0.485 e. The summed E-state index contributed by atoms with van der Waals surface area (Å²) in [6.07, 6.45) is 0. The van der Waals surface area contributed by atoms with Crippen LogP contribution in [0.5, 0.6) is 5.75 Å². The third-order valence-corrected chi connectivity index (χ3v) is 6.43. The minimum absolute atomic E-state index is 0.0166. The molecule has 0 saturated heterocycles. The lowest BCUT2D eigenvalue weighted by Gasteiger charge is -2.17. The molecule has 0 aliphatic heterocycles. The molecule has 0 aliphatic carbocycles. The number of benzene rings is 3. The van der Waals surface area contributed by atoms with E-state index in [0.29, 0.717) is 24.1 Å². The molecule has 8 heteroatoms. The quantitative estimate of drug-likeness (QED) is 0.279. The summed E-state index contributed by atoms with van der Waals surface area (Å²) in [7, 11) is 3.43. The molecule has 0 fully saturated rings. The molecule has 0 radical (unpaired) electrons. The van der Waals surface area contributed by atoms with Crippen LogP contribution in [0.2, 0.25) is 0 Å². The minimum atomic E-state index is -0.0166. The van der Waals surface area contributed by atoms with Crippen LogP contribution in [0, 0.1) is 0 Å². The molecule has 7 nitrogen and oxygen atoms in total. The van der Waals surface area contributed by atoms with E-state index in [1.165, 1.54) is 11.8 Å². The highest BCUT2D eigenvalue weighted by Gasteiger charge is 2.17. The number of methoxy groups -OCH3 is 1. The summed E-state index contributed by atoms with van der Waals surface area (Å²) in [6, 6.07) is 27.6. The monoisotopic (exact) mass is 488 g/mol. The average Bonchev–Trinajstić information content (AvgIpc) is 3.31. The van der Waals surface area contributed by atoms with Gasteiger partial charge in [-0.3, -0.25) is 4.79 Å². The molecule has 0 spiro atoms. The summed E-state index contributed by atoms with van der Waals surface area (Å²) in [5.74, 6) is 1.68. The molecule has 0 saturated carbocycles. The van der Waals surface area contributed by atoms with Crippen LogP contribution in [0.4, 0.5) is 5.69 Å². The first-order valence-electron chi connectivity index (χ1n) is 11.3. The van der Waals surface area contributed by atoms with Crippen molar-refractivity contribution in [3.8, 4) is 16.9 Å². The van der Waals surface area contributed by atoms with Gasteiger partial charge in [-0.25, -0.2) is 0 Å². The van der Waals surface area contributed by atoms with E-state index in [2.05, 4.69) is 22.3 Å². The van der Waals surface area contributed by atoms with Gasteiger partial charge in [0.05, 0.1) is 12.4 Å². The Bertz CT molecular complexity index is 1230. The number of thioether (sulfide) groups is 1. The summed E-state index contributed by atoms with van der Waals surface area (Å²) in [5.41, 5.74) is 2.95. The molecule has 0 atom stereocenters. The van der Waals surface area contributed by atoms with Crippen molar-refractivity contribution >= 4 is 23.4 Å². The highest BCUT2D eigenvalue weighted by Crippen LogP contribution is 2.30. The maximum absolute atomic E-state index is 12.7. The summed E-state index contributed by atoms with van der Waals surface area (Å²) >= 11 is 1.36. The van der Waals surface area contributed by atoms with E-state index in [-0.39, 0.29) is 18.3 Å². The lowest BCUT2D eigenvalue weighted by atomic mass is 10.1. The van der Waals surface area contributed by atoms with Crippen LogP contribution in [0.3, 0.4) is 0 Å². The molecule has 1 heterocycles. The Morgan fingerprint density at radius 1 is 0.943 bits per heavy atom. The Kier molecular flexibility index (Phi) is 8.53. The van der Waals surface area contributed by atoms with Gasteiger partial charge in [0.1, 0.15) is 12.4 Å². The number of anilines is 1. The van der Waals surface area contributed by atoms with Crippen LogP contribution in [0.25, 0.3) is 11.1 Å². The predicted octanol–water partition coefficient (Wildman–Crippen LogP) is 4.93. The van der Waals surface area contributed by atoms with E-state index in [1.807, 2.05) is 77.4 Å². The number of carbonyl (C=O) groups excluding carboxylic acids is 1. The second-order valence-corrected chi connectivity index (χ2v) is 8.71. The third-order valence-electron chi connectivity index (χ3n) is 5.48. The maximum Gasteiger partial charge on any atom is 0.237 e. The number of rotatable bonds is 11. The first-order valence-corrected chi connectivity index (χ1v) is 12.3. The standard InChI is InChI=1S/C27H28N4O3S/c1-30(22-13-7-4-8-14-22)26(32)20-35-27-29-28-25(31(27)17-18-33-2)19-34-24-16-10-9-15-23(24)21-11-5-3-6-12-21/h3-16H,17-20H2,1-2H3. The maximum atomic E-state index is 12.7. The van der Waals surface area contributed by atoms with E-state index in [4.69, 9.17) is 9.47 Å². The zero-order chi connectivity index (χ0) is 24.5. The first-order chi connectivity index (χ1) is 17.2. The van der Waals surface area contributed by atoms with Crippen molar-refractivity contribution in [2.75, 3.05) is 31.4 Å². The number of aromatic nitrogens is 3.